The Morgan fingerprint density at radius 3 is 2.86 bits per heavy atom. The quantitative estimate of drug-likeness (QED) is 0.792. The fraction of sp³-hybridized carbons (Fsp3) is 0.533. The van der Waals surface area contributed by atoms with Crippen LogP contribution in [-0.2, 0) is 0 Å². The first-order valence-electron chi connectivity index (χ1n) is 7.48. The Hall–Kier alpha value is -2.11. The van der Waals surface area contributed by atoms with Crippen LogP contribution in [0.1, 0.15) is 46.1 Å². The summed E-state index contributed by atoms with van der Waals surface area (Å²) in [4.78, 5) is 0. The molecule has 0 aliphatic heterocycles. The molecule has 2 aromatic rings. The van der Waals surface area contributed by atoms with Gasteiger partial charge in [0.05, 0.1) is 23.9 Å². The highest BCUT2D eigenvalue weighted by atomic mass is 16.5. The fourth-order valence-electron chi connectivity index (χ4n) is 2.33. The molecular formula is C15H23N5O. The molecule has 6 heteroatoms. The van der Waals surface area contributed by atoms with E-state index in [4.69, 9.17) is 10.5 Å². The Labute approximate surface area is 125 Å². The van der Waals surface area contributed by atoms with Crippen LogP contribution in [0.3, 0.4) is 0 Å². The second-order valence-electron chi connectivity index (χ2n) is 5.10. The molecule has 0 radical (unpaired) electrons. The van der Waals surface area contributed by atoms with E-state index in [0.29, 0.717) is 23.9 Å². The number of aromatic nitrogens is 4. The number of nitrogen functional groups attached to an aromatic ring is 1. The van der Waals surface area contributed by atoms with Gasteiger partial charge in [-0.2, -0.15) is 0 Å². The summed E-state index contributed by atoms with van der Waals surface area (Å²) in [6, 6.07) is 5.90. The Balaban J connectivity index is 2.39. The van der Waals surface area contributed by atoms with Crippen LogP contribution in [0.15, 0.2) is 18.2 Å². The summed E-state index contributed by atoms with van der Waals surface area (Å²) in [6.07, 6.45) is 3.35. The van der Waals surface area contributed by atoms with Crippen molar-refractivity contribution in [2.24, 2.45) is 0 Å². The van der Waals surface area contributed by atoms with Crippen molar-refractivity contribution in [2.45, 2.75) is 46.1 Å². The lowest BCUT2D eigenvalue weighted by molar-refractivity contribution is 0.342. The third-order valence-corrected chi connectivity index (χ3v) is 3.46. The van der Waals surface area contributed by atoms with Crippen molar-refractivity contribution in [2.75, 3.05) is 12.3 Å². The van der Waals surface area contributed by atoms with Crippen molar-refractivity contribution in [3.05, 3.63) is 18.2 Å². The largest absolute Gasteiger partial charge is 0.491 e. The zero-order valence-electron chi connectivity index (χ0n) is 12.9. The maximum absolute atomic E-state index is 6.02. The number of rotatable bonds is 7. The summed E-state index contributed by atoms with van der Waals surface area (Å²) >= 11 is 0. The molecule has 0 amide bonds. The SMILES string of the molecule is CCCCC(C)n1nnnc1-c1cccc(N)c1OCC. The van der Waals surface area contributed by atoms with E-state index in [0.717, 1.165) is 24.8 Å². The molecule has 0 spiro atoms. The van der Waals surface area contributed by atoms with Crippen LogP contribution in [0.4, 0.5) is 5.69 Å². The Kier molecular flexibility index (Phi) is 5.14. The van der Waals surface area contributed by atoms with Crippen LogP contribution >= 0.6 is 0 Å². The highest BCUT2D eigenvalue weighted by Gasteiger charge is 2.19. The van der Waals surface area contributed by atoms with E-state index < -0.39 is 0 Å². The number of anilines is 1. The summed E-state index contributed by atoms with van der Waals surface area (Å²) in [5.41, 5.74) is 7.46. The second-order valence-corrected chi connectivity index (χ2v) is 5.10. The molecule has 0 fully saturated rings. The van der Waals surface area contributed by atoms with E-state index >= 15 is 0 Å². The normalized spacial score (nSPS) is 12.3. The van der Waals surface area contributed by atoms with Gasteiger partial charge in [0.15, 0.2) is 11.6 Å². The number of ether oxygens (including phenoxy) is 1. The van der Waals surface area contributed by atoms with Gasteiger partial charge in [-0.25, -0.2) is 4.68 Å². The highest BCUT2D eigenvalue weighted by Crippen LogP contribution is 2.34. The molecule has 1 unspecified atom stereocenters. The Morgan fingerprint density at radius 1 is 1.33 bits per heavy atom. The molecule has 21 heavy (non-hydrogen) atoms. The predicted molar refractivity (Wildman–Crippen MR) is 83.1 cm³/mol. The van der Waals surface area contributed by atoms with Gasteiger partial charge in [0.25, 0.3) is 0 Å². The molecule has 1 aromatic carbocycles. The minimum Gasteiger partial charge on any atom is -0.491 e. The minimum atomic E-state index is 0.242. The van der Waals surface area contributed by atoms with Crippen molar-refractivity contribution < 1.29 is 4.74 Å². The lowest BCUT2D eigenvalue weighted by Crippen LogP contribution is -2.10. The number of nitrogens with zero attached hydrogens (tertiary/aromatic N) is 4. The molecule has 1 aromatic heterocycles. The van der Waals surface area contributed by atoms with Crippen molar-refractivity contribution in [1.29, 1.82) is 0 Å². The zero-order chi connectivity index (χ0) is 15.2. The summed E-state index contributed by atoms with van der Waals surface area (Å²) in [7, 11) is 0. The first-order valence-corrected chi connectivity index (χ1v) is 7.48. The van der Waals surface area contributed by atoms with Crippen LogP contribution < -0.4 is 10.5 Å². The average Bonchev–Trinajstić information content (AvgIpc) is 2.96. The molecular weight excluding hydrogens is 266 g/mol. The molecule has 2 N–H and O–H groups in total. The number of nitrogens with two attached hydrogens (primary N) is 1. The number of hydrogen-bond acceptors (Lipinski definition) is 5. The zero-order valence-corrected chi connectivity index (χ0v) is 12.9. The summed E-state index contributed by atoms with van der Waals surface area (Å²) < 4.78 is 7.53. The van der Waals surface area contributed by atoms with E-state index in [9.17, 15) is 0 Å². The maximum atomic E-state index is 6.02. The van der Waals surface area contributed by atoms with Gasteiger partial charge in [-0.05, 0) is 42.8 Å². The van der Waals surface area contributed by atoms with E-state index in [1.54, 1.807) is 0 Å². The van der Waals surface area contributed by atoms with Gasteiger partial charge in [0, 0.05) is 0 Å². The molecule has 0 saturated carbocycles. The van der Waals surface area contributed by atoms with Crippen LogP contribution in [0.25, 0.3) is 11.4 Å². The molecule has 0 aliphatic rings. The third-order valence-electron chi connectivity index (χ3n) is 3.46. The monoisotopic (exact) mass is 289 g/mol. The first kappa shape index (κ1) is 15.3. The molecule has 6 nitrogen and oxygen atoms in total. The minimum absolute atomic E-state index is 0.242. The van der Waals surface area contributed by atoms with Crippen LogP contribution in [0.5, 0.6) is 5.75 Å². The van der Waals surface area contributed by atoms with Crippen molar-refractivity contribution >= 4 is 5.69 Å². The molecule has 1 heterocycles. The molecule has 1 atom stereocenters. The van der Waals surface area contributed by atoms with Crippen molar-refractivity contribution in [1.82, 2.24) is 20.2 Å². The van der Waals surface area contributed by atoms with Crippen LogP contribution in [0.2, 0.25) is 0 Å². The third kappa shape index (κ3) is 3.32. The van der Waals surface area contributed by atoms with E-state index in [1.807, 2.05) is 29.8 Å². The molecule has 2 rings (SSSR count). The molecule has 114 valence electrons. The fourth-order valence-corrected chi connectivity index (χ4v) is 2.33. The standard InChI is InChI=1S/C15H23N5O/c1-4-6-8-11(3)20-15(17-18-19-20)12-9-7-10-13(16)14(12)21-5-2/h7,9-11H,4-6,8,16H2,1-3H3. The van der Waals surface area contributed by atoms with Crippen molar-refractivity contribution in [3.8, 4) is 17.1 Å². The van der Waals surface area contributed by atoms with Gasteiger partial charge in [0.2, 0.25) is 0 Å². The van der Waals surface area contributed by atoms with Gasteiger partial charge in [-0.1, -0.05) is 25.8 Å². The van der Waals surface area contributed by atoms with Crippen LogP contribution in [0, 0.1) is 0 Å². The first-order chi connectivity index (χ1) is 10.2. The van der Waals surface area contributed by atoms with Gasteiger partial charge in [0.1, 0.15) is 0 Å². The number of para-hydroxylation sites is 1. The number of benzene rings is 1. The maximum Gasteiger partial charge on any atom is 0.186 e. The summed E-state index contributed by atoms with van der Waals surface area (Å²) in [5, 5.41) is 12.1. The smallest absolute Gasteiger partial charge is 0.186 e. The Bertz CT molecular complexity index is 581. The van der Waals surface area contributed by atoms with Crippen molar-refractivity contribution in [3.63, 3.8) is 0 Å². The summed E-state index contributed by atoms with van der Waals surface area (Å²) in [6.45, 7) is 6.79. The average molecular weight is 289 g/mol. The van der Waals surface area contributed by atoms with E-state index in [1.165, 1.54) is 0 Å². The van der Waals surface area contributed by atoms with Gasteiger partial charge in [-0.15, -0.1) is 5.10 Å². The lowest BCUT2D eigenvalue weighted by Gasteiger charge is -2.15. The van der Waals surface area contributed by atoms with Gasteiger partial charge < -0.3 is 10.5 Å². The second kappa shape index (κ2) is 7.06. The predicted octanol–water partition coefficient (Wildman–Crippen LogP) is 3.07. The van der Waals surface area contributed by atoms with Crippen LogP contribution in [-0.4, -0.2) is 26.8 Å². The molecule has 0 aliphatic carbocycles. The number of tetrazole rings is 1. The molecule has 0 bridgehead atoms. The Morgan fingerprint density at radius 2 is 2.14 bits per heavy atom. The van der Waals surface area contributed by atoms with E-state index in [-0.39, 0.29) is 6.04 Å². The topological polar surface area (TPSA) is 78.9 Å². The number of hydrogen-bond donors (Lipinski definition) is 1. The molecule has 0 saturated heterocycles. The van der Waals surface area contributed by atoms with Gasteiger partial charge >= 0.3 is 0 Å². The highest BCUT2D eigenvalue weighted by molar-refractivity contribution is 5.73. The lowest BCUT2D eigenvalue weighted by atomic mass is 10.1. The number of unbranched alkanes of at least 4 members (excludes halogenated alkanes) is 1. The van der Waals surface area contributed by atoms with E-state index in [2.05, 4.69) is 29.4 Å². The summed E-state index contributed by atoms with van der Waals surface area (Å²) in [5.74, 6) is 1.35. The van der Waals surface area contributed by atoms with Gasteiger partial charge in [-0.3, -0.25) is 0 Å².